The van der Waals surface area contributed by atoms with E-state index in [1.54, 1.807) is 0 Å². The molecule has 5 nitrogen and oxygen atoms in total. The van der Waals surface area contributed by atoms with Gasteiger partial charge in [0, 0.05) is 17.8 Å². The summed E-state index contributed by atoms with van der Waals surface area (Å²) < 4.78 is 0. The van der Waals surface area contributed by atoms with Gasteiger partial charge in [0.15, 0.2) is 0 Å². The highest BCUT2D eigenvalue weighted by Crippen LogP contribution is 2.17. The number of aryl methyl sites for hydroxylation is 4. The third-order valence-electron chi connectivity index (χ3n) is 4.93. The van der Waals surface area contributed by atoms with Crippen LogP contribution < -0.4 is 10.6 Å². The summed E-state index contributed by atoms with van der Waals surface area (Å²) in [5, 5.41) is 5.78. The van der Waals surface area contributed by atoms with E-state index in [1.807, 2.05) is 80.6 Å². The highest BCUT2D eigenvalue weighted by atomic mass is 16.2. The standard InChI is InChI=1S/C24H24N4O/c1-16-7-13-20(17(2)15-16)28-24(29)25-19-11-8-18(9-12-19)10-14-23-26-21-5-3-4-6-22(21)27-23/h3-9,11-13,15H,10,14H2,1-2H3,(H,26,27)(H2,25,28,29). The number of H-pyrrole nitrogens is 1. The van der Waals surface area contributed by atoms with Crippen molar-refractivity contribution in [1.82, 2.24) is 9.97 Å². The topological polar surface area (TPSA) is 69.8 Å². The molecule has 1 aromatic heterocycles. The molecule has 5 heteroatoms. The van der Waals surface area contributed by atoms with Gasteiger partial charge >= 0.3 is 6.03 Å². The number of hydrogen-bond donors (Lipinski definition) is 3. The zero-order valence-electron chi connectivity index (χ0n) is 16.6. The Hall–Kier alpha value is -3.60. The van der Waals surface area contributed by atoms with E-state index in [0.717, 1.165) is 46.6 Å². The van der Waals surface area contributed by atoms with Gasteiger partial charge in [-0.25, -0.2) is 9.78 Å². The Morgan fingerprint density at radius 3 is 2.48 bits per heavy atom. The predicted molar refractivity (Wildman–Crippen MR) is 119 cm³/mol. The summed E-state index contributed by atoms with van der Waals surface area (Å²) in [6.07, 6.45) is 1.73. The molecular formula is C24H24N4O. The Bertz CT molecular complexity index is 1110. The number of amides is 2. The van der Waals surface area contributed by atoms with Crippen molar-refractivity contribution >= 4 is 28.4 Å². The van der Waals surface area contributed by atoms with E-state index in [4.69, 9.17) is 0 Å². The van der Waals surface area contributed by atoms with Crippen molar-refractivity contribution in [3.8, 4) is 0 Å². The summed E-state index contributed by atoms with van der Waals surface area (Å²) in [4.78, 5) is 20.2. The Kier molecular flexibility index (Phi) is 5.29. The van der Waals surface area contributed by atoms with Gasteiger partial charge in [0.1, 0.15) is 5.82 Å². The first-order valence-electron chi connectivity index (χ1n) is 9.75. The van der Waals surface area contributed by atoms with E-state index in [9.17, 15) is 4.79 Å². The quantitative estimate of drug-likeness (QED) is 0.419. The molecule has 0 atom stereocenters. The molecule has 2 amide bonds. The van der Waals surface area contributed by atoms with E-state index in [-0.39, 0.29) is 6.03 Å². The lowest BCUT2D eigenvalue weighted by Gasteiger charge is -2.11. The van der Waals surface area contributed by atoms with E-state index in [1.165, 1.54) is 11.1 Å². The van der Waals surface area contributed by atoms with Crippen LogP contribution in [0.2, 0.25) is 0 Å². The predicted octanol–water partition coefficient (Wildman–Crippen LogP) is 5.61. The summed E-state index contributed by atoms with van der Waals surface area (Å²) in [5.41, 5.74) is 7.06. The SMILES string of the molecule is Cc1ccc(NC(=O)Nc2ccc(CCc3nc4ccccc4[nH]3)cc2)c(C)c1. The lowest BCUT2D eigenvalue weighted by atomic mass is 10.1. The molecule has 0 radical (unpaired) electrons. The molecule has 29 heavy (non-hydrogen) atoms. The van der Waals surface area contributed by atoms with E-state index in [0.29, 0.717) is 0 Å². The van der Waals surface area contributed by atoms with Gasteiger partial charge in [-0.2, -0.15) is 0 Å². The Morgan fingerprint density at radius 2 is 1.72 bits per heavy atom. The summed E-state index contributed by atoms with van der Waals surface area (Å²) >= 11 is 0. The molecule has 4 aromatic rings. The number of nitrogens with zero attached hydrogens (tertiary/aromatic N) is 1. The Labute approximate surface area is 170 Å². The summed E-state index contributed by atoms with van der Waals surface area (Å²) in [6.45, 7) is 4.02. The number of fused-ring (bicyclic) bond motifs is 1. The van der Waals surface area contributed by atoms with Crippen LogP contribution in [0.5, 0.6) is 0 Å². The Morgan fingerprint density at radius 1 is 0.931 bits per heavy atom. The number of imidazole rings is 1. The molecular weight excluding hydrogens is 360 g/mol. The van der Waals surface area contributed by atoms with Crippen LogP contribution in [0.15, 0.2) is 66.7 Å². The van der Waals surface area contributed by atoms with Crippen molar-refractivity contribution in [3.05, 3.63) is 89.2 Å². The second-order valence-corrected chi connectivity index (χ2v) is 7.30. The molecule has 0 fully saturated rings. The monoisotopic (exact) mass is 384 g/mol. The van der Waals surface area contributed by atoms with Crippen LogP contribution in [0.4, 0.5) is 16.2 Å². The first kappa shape index (κ1) is 18.7. The van der Waals surface area contributed by atoms with Gasteiger partial charge in [-0.15, -0.1) is 0 Å². The average Bonchev–Trinajstić information content (AvgIpc) is 3.13. The van der Waals surface area contributed by atoms with Gasteiger partial charge in [-0.05, 0) is 61.7 Å². The largest absolute Gasteiger partial charge is 0.342 e. The van der Waals surface area contributed by atoms with Crippen LogP contribution in [-0.4, -0.2) is 16.0 Å². The maximum Gasteiger partial charge on any atom is 0.323 e. The number of nitrogens with one attached hydrogen (secondary N) is 3. The highest BCUT2D eigenvalue weighted by molar-refractivity contribution is 6.00. The van der Waals surface area contributed by atoms with Gasteiger partial charge in [0.2, 0.25) is 0 Å². The summed E-state index contributed by atoms with van der Waals surface area (Å²) in [6, 6.07) is 21.7. The molecule has 0 saturated carbocycles. The Balaban J connectivity index is 1.33. The van der Waals surface area contributed by atoms with Gasteiger partial charge in [-0.1, -0.05) is 42.0 Å². The van der Waals surface area contributed by atoms with Crippen molar-refractivity contribution in [1.29, 1.82) is 0 Å². The van der Waals surface area contributed by atoms with Crippen LogP contribution in [0.1, 0.15) is 22.5 Å². The van der Waals surface area contributed by atoms with Crippen molar-refractivity contribution < 1.29 is 4.79 Å². The lowest BCUT2D eigenvalue weighted by molar-refractivity contribution is 0.262. The maximum atomic E-state index is 12.3. The number of aromatic amines is 1. The lowest BCUT2D eigenvalue weighted by Crippen LogP contribution is -2.19. The third kappa shape index (κ3) is 4.63. The van der Waals surface area contributed by atoms with Crippen molar-refractivity contribution in [2.24, 2.45) is 0 Å². The molecule has 0 bridgehead atoms. The minimum Gasteiger partial charge on any atom is -0.342 e. The van der Waals surface area contributed by atoms with Crippen LogP contribution >= 0.6 is 0 Å². The number of carbonyl (C=O) groups is 1. The minimum atomic E-state index is -0.244. The minimum absolute atomic E-state index is 0.244. The molecule has 1 heterocycles. The fraction of sp³-hybridized carbons (Fsp3) is 0.167. The molecule has 0 spiro atoms. The highest BCUT2D eigenvalue weighted by Gasteiger charge is 2.06. The molecule has 0 saturated heterocycles. The second-order valence-electron chi connectivity index (χ2n) is 7.30. The normalized spacial score (nSPS) is 10.8. The van der Waals surface area contributed by atoms with E-state index < -0.39 is 0 Å². The van der Waals surface area contributed by atoms with Gasteiger partial charge < -0.3 is 15.6 Å². The number of hydrogen-bond acceptors (Lipinski definition) is 2. The van der Waals surface area contributed by atoms with Gasteiger partial charge in [0.05, 0.1) is 11.0 Å². The van der Waals surface area contributed by atoms with Gasteiger partial charge in [0.25, 0.3) is 0 Å². The molecule has 0 unspecified atom stereocenters. The molecule has 4 rings (SSSR count). The van der Waals surface area contributed by atoms with Crippen LogP contribution in [-0.2, 0) is 12.8 Å². The molecule has 0 aliphatic heterocycles. The number of urea groups is 1. The number of carbonyl (C=O) groups excluding carboxylic acids is 1. The average molecular weight is 384 g/mol. The van der Waals surface area contributed by atoms with Crippen LogP contribution in [0, 0.1) is 13.8 Å². The third-order valence-corrected chi connectivity index (χ3v) is 4.93. The number of para-hydroxylation sites is 2. The molecule has 3 aromatic carbocycles. The van der Waals surface area contributed by atoms with Crippen molar-refractivity contribution in [2.45, 2.75) is 26.7 Å². The van der Waals surface area contributed by atoms with Crippen molar-refractivity contribution in [2.75, 3.05) is 10.6 Å². The summed E-state index contributed by atoms with van der Waals surface area (Å²) in [5.74, 6) is 0.987. The zero-order valence-corrected chi connectivity index (χ0v) is 16.6. The first-order valence-corrected chi connectivity index (χ1v) is 9.75. The van der Waals surface area contributed by atoms with Crippen LogP contribution in [0.25, 0.3) is 11.0 Å². The number of rotatable bonds is 5. The van der Waals surface area contributed by atoms with Crippen LogP contribution in [0.3, 0.4) is 0 Å². The zero-order chi connectivity index (χ0) is 20.2. The van der Waals surface area contributed by atoms with Crippen molar-refractivity contribution in [3.63, 3.8) is 0 Å². The molecule has 3 N–H and O–H groups in total. The summed E-state index contributed by atoms with van der Waals surface area (Å²) in [7, 11) is 0. The first-order chi connectivity index (χ1) is 14.1. The van der Waals surface area contributed by atoms with Gasteiger partial charge in [-0.3, -0.25) is 0 Å². The number of aromatic nitrogens is 2. The molecule has 0 aliphatic carbocycles. The smallest absolute Gasteiger partial charge is 0.323 e. The number of benzene rings is 3. The van der Waals surface area contributed by atoms with E-state index >= 15 is 0 Å². The maximum absolute atomic E-state index is 12.3. The molecule has 146 valence electrons. The fourth-order valence-electron chi connectivity index (χ4n) is 3.38. The molecule has 0 aliphatic rings. The fourth-order valence-corrected chi connectivity index (χ4v) is 3.38. The van der Waals surface area contributed by atoms with E-state index in [2.05, 4.69) is 20.6 Å². The second kappa shape index (κ2) is 8.19. The number of anilines is 2.